The smallest absolute Gasteiger partial charge is 0.339 e. The number of anilines is 1. The molecule has 0 aliphatic heterocycles. The average molecular weight is 415 g/mol. The van der Waals surface area contributed by atoms with E-state index in [0.717, 1.165) is 11.1 Å². The fourth-order valence-corrected chi connectivity index (χ4v) is 3.06. The summed E-state index contributed by atoms with van der Waals surface area (Å²) in [6.45, 7) is 5.68. The van der Waals surface area contributed by atoms with Crippen LogP contribution < -0.4 is 5.32 Å². The molecule has 3 aromatic rings. The van der Waals surface area contributed by atoms with Gasteiger partial charge in [-0.25, -0.2) is 4.79 Å². The number of Topliss-reactive ketones (excluding diaryl/α,β-unsaturated/α-hetero) is 1. The molecule has 1 N–H and O–H groups in total. The summed E-state index contributed by atoms with van der Waals surface area (Å²) < 4.78 is 5.68. The third-order valence-electron chi connectivity index (χ3n) is 5.08. The number of hydrogen-bond donors (Lipinski definition) is 1. The van der Waals surface area contributed by atoms with Crippen molar-refractivity contribution in [2.24, 2.45) is 0 Å². The van der Waals surface area contributed by atoms with E-state index < -0.39 is 12.1 Å². The number of ketones is 1. The fraction of sp³-hybridized carbons (Fsp3) is 0.192. The van der Waals surface area contributed by atoms with E-state index in [4.69, 9.17) is 4.74 Å². The van der Waals surface area contributed by atoms with Crippen LogP contribution in [0.4, 0.5) is 5.69 Å². The first-order chi connectivity index (χ1) is 14.9. The molecule has 1 amide bonds. The van der Waals surface area contributed by atoms with Gasteiger partial charge in [0.1, 0.15) is 0 Å². The van der Waals surface area contributed by atoms with Crippen molar-refractivity contribution in [1.29, 1.82) is 0 Å². The van der Waals surface area contributed by atoms with Crippen molar-refractivity contribution >= 4 is 23.3 Å². The molecular formula is C26H25NO4. The maximum Gasteiger partial charge on any atom is 0.339 e. The normalized spacial score (nSPS) is 11.5. The van der Waals surface area contributed by atoms with Crippen LogP contribution in [0.25, 0.3) is 0 Å². The number of carbonyl (C=O) groups excluding carboxylic acids is 3. The first-order valence-corrected chi connectivity index (χ1v) is 10.2. The lowest BCUT2D eigenvalue weighted by molar-refractivity contribution is -0.115. The summed E-state index contributed by atoms with van der Waals surface area (Å²) in [5, 5.41) is 2.73. The zero-order valence-corrected chi connectivity index (χ0v) is 17.8. The van der Waals surface area contributed by atoms with Gasteiger partial charge in [-0.3, -0.25) is 9.59 Å². The summed E-state index contributed by atoms with van der Waals surface area (Å²) in [6.07, 6.45) is -0.696. The Morgan fingerprint density at radius 3 is 2.10 bits per heavy atom. The van der Waals surface area contributed by atoms with Gasteiger partial charge in [0.05, 0.1) is 5.56 Å². The van der Waals surface area contributed by atoms with Crippen LogP contribution in [0.3, 0.4) is 0 Å². The highest BCUT2D eigenvalue weighted by molar-refractivity contribution is 6.02. The summed E-state index contributed by atoms with van der Waals surface area (Å²) in [6, 6.07) is 20.8. The van der Waals surface area contributed by atoms with Crippen molar-refractivity contribution in [1.82, 2.24) is 0 Å². The van der Waals surface area contributed by atoms with Gasteiger partial charge in [-0.05, 0) is 55.3 Å². The van der Waals surface area contributed by atoms with Gasteiger partial charge >= 0.3 is 5.97 Å². The highest BCUT2D eigenvalue weighted by Gasteiger charge is 2.27. The second-order valence-corrected chi connectivity index (χ2v) is 7.34. The molecule has 158 valence electrons. The minimum absolute atomic E-state index is 0.113. The predicted molar refractivity (Wildman–Crippen MR) is 120 cm³/mol. The second-order valence-electron chi connectivity index (χ2n) is 7.34. The first kappa shape index (κ1) is 22.0. The number of hydrogen-bond acceptors (Lipinski definition) is 4. The van der Waals surface area contributed by atoms with E-state index >= 15 is 0 Å². The third-order valence-corrected chi connectivity index (χ3v) is 5.08. The first-order valence-electron chi connectivity index (χ1n) is 10.2. The number of benzene rings is 3. The number of nitrogens with one attached hydrogen (secondary N) is 1. The zero-order valence-electron chi connectivity index (χ0n) is 17.8. The van der Waals surface area contributed by atoms with E-state index in [1.165, 1.54) is 0 Å². The molecule has 0 heterocycles. The summed E-state index contributed by atoms with van der Waals surface area (Å²) in [5.74, 6) is -1.01. The molecule has 1 atom stereocenters. The van der Waals surface area contributed by atoms with Crippen molar-refractivity contribution in [3.05, 3.63) is 101 Å². The SMILES string of the molecule is CCC(=O)Nc1ccc(C(=O)O[C@H](C(=O)c2ccc(C)c(C)c2)c2ccccc2)cc1. The Hall–Kier alpha value is -3.73. The monoisotopic (exact) mass is 415 g/mol. The lowest BCUT2D eigenvalue weighted by Crippen LogP contribution is -2.20. The van der Waals surface area contributed by atoms with E-state index in [0.29, 0.717) is 28.8 Å². The molecule has 0 saturated heterocycles. The minimum atomic E-state index is -1.06. The van der Waals surface area contributed by atoms with Gasteiger partial charge < -0.3 is 10.1 Å². The van der Waals surface area contributed by atoms with Crippen LogP contribution in [0.15, 0.2) is 72.8 Å². The molecule has 0 spiro atoms. The van der Waals surface area contributed by atoms with E-state index in [1.807, 2.05) is 32.0 Å². The maximum absolute atomic E-state index is 13.3. The standard InChI is InChI=1S/C26H25NO4/c1-4-23(28)27-22-14-12-20(13-15-22)26(30)31-25(19-8-6-5-7-9-19)24(29)21-11-10-17(2)18(3)16-21/h5-16,25H,4H2,1-3H3,(H,27,28)/t25-/m0/s1. The largest absolute Gasteiger partial charge is 0.445 e. The number of aryl methyl sites for hydroxylation is 2. The molecule has 0 fully saturated rings. The molecule has 0 unspecified atom stereocenters. The number of rotatable bonds is 7. The highest BCUT2D eigenvalue weighted by Crippen LogP contribution is 2.25. The molecule has 5 heteroatoms. The summed E-state index contributed by atoms with van der Waals surface area (Å²) in [4.78, 5) is 37.6. The van der Waals surface area contributed by atoms with Gasteiger partial charge in [0.2, 0.25) is 11.7 Å². The molecule has 0 aliphatic carbocycles. The Morgan fingerprint density at radius 2 is 1.48 bits per heavy atom. The van der Waals surface area contributed by atoms with Gasteiger partial charge in [-0.1, -0.05) is 49.4 Å². The summed E-state index contributed by atoms with van der Waals surface area (Å²) in [7, 11) is 0. The van der Waals surface area contributed by atoms with Gasteiger partial charge in [0, 0.05) is 23.2 Å². The molecule has 31 heavy (non-hydrogen) atoms. The summed E-state index contributed by atoms with van der Waals surface area (Å²) >= 11 is 0. The van der Waals surface area contributed by atoms with Crippen LogP contribution in [0, 0.1) is 13.8 Å². The lowest BCUT2D eigenvalue weighted by Gasteiger charge is -2.18. The quantitative estimate of drug-likeness (QED) is 0.412. The van der Waals surface area contributed by atoms with E-state index in [2.05, 4.69) is 5.32 Å². The molecule has 3 aromatic carbocycles. The van der Waals surface area contributed by atoms with E-state index in [-0.39, 0.29) is 11.7 Å². The average Bonchev–Trinajstić information content (AvgIpc) is 2.79. The molecule has 0 aromatic heterocycles. The Morgan fingerprint density at radius 1 is 0.839 bits per heavy atom. The molecule has 0 aliphatic rings. The van der Waals surface area contributed by atoms with E-state index in [1.54, 1.807) is 61.5 Å². The van der Waals surface area contributed by atoms with E-state index in [9.17, 15) is 14.4 Å². The Labute approximate surface area is 182 Å². The van der Waals surface area contributed by atoms with Gasteiger partial charge in [-0.15, -0.1) is 0 Å². The van der Waals surface area contributed by atoms with Gasteiger partial charge in [-0.2, -0.15) is 0 Å². The Kier molecular flexibility index (Phi) is 6.98. The Bertz CT molecular complexity index is 1090. The second kappa shape index (κ2) is 9.85. The Balaban J connectivity index is 1.85. The predicted octanol–water partition coefficient (Wildman–Crippen LogP) is 5.43. The molecule has 5 nitrogen and oxygen atoms in total. The fourth-order valence-electron chi connectivity index (χ4n) is 3.06. The van der Waals surface area contributed by atoms with Crippen LogP contribution in [0.1, 0.15) is 56.9 Å². The van der Waals surface area contributed by atoms with Gasteiger partial charge in [0.15, 0.2) is 6.10 Å². The van der Waals surface area contributed by atoms with Crippen molar-refractivity contribution < 1.29 is 19.1 Å². The van der Waals surface area contributed by atoms with Crippen molar-refractivity contribution in [2.45, 2.75) is 33.3 Å². The molecule has 0 radical (unpaired) electrons. The van der Waals surface area contributed by atoms with Crippen molar-refractivity contribution in [3.8, 4) is 0 Å². The third kappa shape index (κ3) is 5.45. The zero-order chi connectivity index (χ0) is 22.4. The topological polar surface area (TPSA) is 72.5 Å². The number of carbonyl (C=O) groups is 3. The maximum atomic E-state index is 13.3. The number of amides is 1. The van der Waals surface area contributed by atoms with Crippen molar-refractivity contribution in [2.75, 3.05) is 5.32 Å². The minimum Gasteiger partial charge on any atom is -0.445 e. The molecule has 3 rings (SSSR count). The highest BCUT2D eigenvalue weighted by atomic mass is 16.5. The van der Waals surface area contributed by atoms with Crippen LogP contribution in [0.5, 0.6) is 0 Å². The van der Waals surface area contributed by atoms with Crippen LogP contribution in [0.2, 0.25) is 0 Å². The number of ether oxygens (including phenoxy) is 1. The molecule has 0 saturated carbocycles. The van der Waals surface area contributed by atoms with Crippen LogP contribution in [-0.4, -0.2) is 17.7 Å². The summed E-state index contributed by atoms with van der Waals surface area (Å²) in [5.41, 5.74) is 4.06. The van der Waals surface area contributed by atoms with Crippen molar-refractivity contribution in [3.63, 3.8) is 0 Å². The molecule has 0 bridgehead atoms. The van der Waals surface area contributed by atoms with Crippen LogP contribution in [-0.2, 0) is 9.53 Å². The van der Waals surface area contributed by atoms with Gasteiger partial charge in [0.25, 0.3) is 0 Å². The van der Waals surface area contributed by atoms with Crippen LogP contribution >= 0.6 is 0 Å². The number of esters is 1. The lowest BCUT2D eigenvalue weighted by atomic mass is 9.97. The molecular weight excluding hydrogens is 390 g/mol.